The van der Waals surface area contributed by atoms with Gasteiger partial charge in [0.2, 0.25) is 5.91 Å². The molecule has 7 nitrogen and oxygen atoms in total. The number of hydrogen-bond donors (Lipinski definition) is 2. The lowest BCUT2D eigenvalue weighted by Gasteiger charge is -2.29. The third-order valence-electron chi connectivity index (χ3n) is 3.68. The maximum atomic E-state index is 12.2. The van der Waals surface area contributed by atoms with Gasteiger partial charge in [0, 0.05) is 31.1 Å². The molecule has 0 saturated carbocycles. The SMILES string of the molecule is CC(C)(NC(=O)CC1COCCN1)c1ccc([N+](=O)[O-])cc1.Cl. The van der Waals surface area contributed by atoms with Crippen molar-refractivity contribution in [3.8, 4) is 0 Å². The van der Waals surface area contributed by atoms with Crippen LogP contribution in [0.3, 0.4) is 0 Å². The number of nitro benzene ring substituents is 1. The highest BCUT2D eigenvalue weighted by molar-refractivity contribution is 5.85. The number of morpholine rings is 1. The van der Waals surface area contributed by atoms with Crippen LogP contribution >= 0.6 is 12.4 Å². The van der Waals surface area contributed by atoms with Gasteiger partial charge in [-0.2, -0.15) is 0 Å². The van der Waals surface area contributed by atoms with Crippen molar-refractivity contribution >= 4 is 24.0 Å². The van der Waals surface area contributed by atoms with E-state index >= 15 is 0 Å². The van der Waals surface area contributed by atoms with Crippen molar-refractivity contribution in [2.45, 2.75) is 31.8 Å². The summed E-state index contributed by atoms with van der Waals surface area (Å²) in [6.07, 6.45) is 0.344. The van der Waals surface area contributed by atoms with Gasteiger partial charge in [0.15, 0.2) is 0 Å². The van der Waals surface area contributed by atoms with E-state index in [2.05, 4.69) is 10.6 Å². The standard InChI is InChI=1S/C15H21N3O4.ClH/c1-15(2,11-3-5-13(6-4-11)18(20)21)17-14(19)9-12-10-22-8-7-16-12;/h3-6,12,16H,7-10H2,1-2H3,(H,17,19);1H. The largest absolute Gasteiger partial charge is 0.378 e. The molecule has 1 fully saturated rings. The summed E-state index contributed by atoms with van der Waals surface area (Å²) in [6.45, 7) is 5.70. The zero-order valence-corrected chi connectivity index (χ0v) is 14.0. The number of amides is 1. The Labute approximate surface area is 141 Å². The minimum Gasteiger partial charge on any atom is -0.378 e. The van der Waals surface area contributed by atoms with Crippen LogP contribution in [0.5, 0.6) is 0 Å². The van der Waals surface area contributed by atoms with Gasteiger partial charge in [0.1, 0.15) is 0 Å². The molecule has 1 aliphatic heterocycles. The number of ether oxygens (including phenoxy) is 1. The van der Waals surface area contributed by atoms with Gasteiger partial charge in [0.05, 0.1) is 23.7 Å². The first kappa shape index (κ1) is 19.3. The monoisotopic (exact) mass is 343 g/mol. The number of non-ortho nitro benzene ring substituents is 1. The molecule has 0 aliphatic carbocycles. The van der Waals surface area contributed by atoms with Crippen LogP contribution in [0.4, 0.5) is 5.69 Å². The van der Waals surface area contributed by atoms with E-state index in [4.69, 9.17) is 4.74 Å². The molecule has 8 heteroatoms. The number of nitrogens with zero attached hydrogens (tertiary/aromatic N) is 1. The van der Waals surface area contributed by atoms with E-state index in [0.29, 0.717) is 19.6 Å². The van der Waals surface area contributed by atoms with E-state index in [1.807, 2.05) is 13.8 Å². The Kier molecular flexibility index (Phi) is 6.93. The van der Waals surface area contributed by atoms with Crippen LogP contribution in [0.2, 0.25) is 0 Å². The molecular formula is C15H22ClN3O4. The first-order valence-electron chi connectivity index (χ1n) is 7.25. The third kappa shape index (κ3) is 5.46. The van der Waals surface area contributed by atoms with Crippen LogP contribution in [0, 0.1) is 10.1 Å². The maximum Gasteiger partial charge on any atom is 0.269 e. The van der Waals surface area contributed by atoms with Gasteiger partial charge < -0.3 is 15.4 Å². The second kappa shape index (κ2) is 8.24. The number of carbonyl (C=O) groups is 1. The molecule has 128 valence electrons. The number of carbonyl (C=O) groups excluding carboxylic acids is 1. The molecule has 1 saturated heterocycles. The molecule has 1 unspecified atom stereocenters. The second-order valence-corrected chi connectivity index (χ2v) is 5.91. The summed E-state index contributed by atoms with van der Waals surface area (Å²) in [4.78, 5) is 22.4. The molecule has 1 aliphatic rings. The van der Waals surface area contributed by atoms with Crippen molar-refractivity contribution in [2.24, 2.45) is 0 Å². The summed E-state index contributed by atoms with van der Waals surface area (Å²) in [5.41, 5.74) is 0.260. The zero-order chi connectivity index (χ0) is 16.2. The average molecular weight is 344 g/mol. The summed E-state index contributed by atoms with van der Waals surface area (Å²) in [5, 5.41) is 16.9. The summed E-state index contributed by atoms with van der Waals surface area (Å²) in [6, 6.07) is 6.25. The molecule has 1 aromatic rings. The van der Waals surface area contributed by atoms with Gasteiger partial charge in [-0.3, -0.25) is 14.9 Å². The van der Waals surface area contributed by atoms with E-state index in [-0.39, 0.29) is 30.0 Å². The van der Waals surface area contributed by atoms with Crippen molar-refractivity contribution in [1.82, 2.24) is 10.6 Å². The van der Waals surface area contributed by atoms with Crippen molar-refractivity contribution in [3.63, 3.8) is 0 Å². The predicted molar refractivity (Wildman–Crippen MR) is 88.7 cm³/mol. The van der Waals surface area contributed by atoms with Gasteiger partial charge in [-0.05, 0) is 31.5 Å². The van der Waals surface area contributed by atoms with E-state index in [9.17, 15) is 14.9 Å². The molecule has 0 bridgehead atoms. The zero-order valence-electron chi connectivity index (χ0n) is 13.2. The van der Waals surface area contributed by atoms with E-state index in [0.717, 1.165) is 12.1 Å². The maximum absolute atomic E-state index is 12.2. The highest BCUT2D eigenvalue weighted by Crippen LogP contribution is 2.23. The highest BCUT2D eigenvalue weighted by atomic mass is 35.5. The number of nitrogens with one attached hydrogen (secondary N) is 2. The van der Waals surface area contributed by atoms with Gasteiger partial charge in [0.25, 0.3) is 5.69 Å². The summed E-state index contributed by atoms with van der Waals surface area (Å²) >= 11 is 0. The lowest BCUT2D eigenvalue weighted by Crippen LogP contribution is -2.47. The molecule has 0 radical (unpaired) electrons. The molecule has 2 N–H and O–H groups in total. The number of hydrogen-bond acceptors (Lipinski definition) is 5. The Bertz CT molecular complexity index is 542. The van der Waals surface area contributed by atoms with Crippen LogP contribution in [-0.2, 0) is 15.1 Å². The fourth-order valence-corrected chi connectivity index (χ4v) is 2.45. The van der Waals surface area contributed by atoms with E-state index in [1.165, 1.54) is 12.1 Å². The molecule has 1 atom stereocenters. The molecule has 0 aromatic heterocycles. The summed E-state index contributed by atoms with van der Waals surface area (Å²) in [5.74, 6) is -0.0775. The molecule has 1 heterocycles. The highest BCUT2D eigenvalue weighted by Gasteiger charge is 2.25. The van der Waals surface area contributed by atoms with Gasteiger partial charge in [-0.1, -0.05) is 0 Å². The molecule has 1 aromatic carbocycles. The van der Waals surface area contributed by atoms with E-state index in [1.54, 1.807) is 12.1 Å². The second-order valence-electron chi connectivity index (χ2n) is 5.91. The van der Waals surface area contributed by atoms with Crippen molar-refractivity contribution in [3.05, 3.63) is 39.9 Å². The Hall–Kier alpha value is -1.70. The summed E-state index contributed by atoms with van der Waals surface area (Å²) in [7, 11) is 0. The van der Waals surface area contributed by atoms with Gasteiger partial charge >= 0.3 is 0 Å². The fourth-order valence-electron chi connectivity index (χ4n) is 2.45. The number of rotatable bonds is 5. The fraction of sp³-hybridized carbons (Fsp3) is 0.533. The summed E-state index contributed by atoms with van der Waals surface area (Å²) < 4.78 is 5.33. The Morgan fingerprint density at radius 1 is 1.43 bits per heavy atom. The van der Waals surface area contributed by atoms with Crippen molar-refractivity contribution in [2.75, 3.05) is 19.8 Å². The first-order chi connectivity index (χ1) is 10.4. The Morgan fingerprint density at radius 2 is 2.09 bits per heavy atom. The normalized spacial score (nSPS) is 17.9. The molecule has 1 amide bonds. The smallest absolute Gasteiger partial charge is 0.269 e. The molecular weight excluding hydrogens is 322 g/mol. The Balaban J connectivity index is 0.00000264. The lowest BCUT2D eigenvalue weighted by molar-refractivity contribution is -0.384. The molecule has 0 spiro atoms. The number of benzene rings is 1. The average Bonchev–Trinajstić information content (AvgIpc) is 2.47. The predicted octanol–water partition coefficient (Wildman–Crippen LogP) is 1.75. The van der Waals surface area contributed by atoms with Crippen LogP contribution in [0.25, 0.3) is 0 Å². The van der Waals surface area contributed by atoms with Crippen LogP contribution < -0.4 is 10.6 Å². The van der Waals surface area contributed by atoms with Gasteiger partial charge in [-0.15, -0.1) is 12.4 Å². The lowest BCUT2D eigenvalue weighted by atomic mass is 9.93. The molecule has 2 rings (SSSR count). The van der Waals surface area contributed by atoms with Crippen molar-refractivity contribution < 1.29 is 14.5 Å². The molecule has 23 heavy (non-hydrogen) atoms. The topological polar surface area (TPSA) is 93.5 Å². The third-order valence-corrected chi connectivity index (χ3v) is 3.68. The van der Waals surface area contributed by atoms with Crippen LogP contribution in [0.1, 0.15) is 25.8 Å². The quantitative estimate of drug-likeness (QED) is 0.627. The minimum atomic E-state index is -0.596. The van der Waals surface area contributed by atoms with Crippen LogP contribution in [-0.4, -0.2) is 36.6 Å². The van der Waals surface area contributed by atoms with Gasteiger partial charge in [-0.25, -0.2) is 0 Å². The Morgan fingerprint density at radius 3 is 2.61 bits per heavy atom. The van der Waals surface area contributed by atoms with Crippen molar-refractivity contribution in [1.29, 1.82) is 0 Å². The number of nitro groups is 1. The number of halogens is 1. The minimum absolute atomic E-state index is 0. The first-order valence-corrected chi connectivity index (χ1v) is 7.25. The van der Waals surface area contributed by atoms with E-state index < -0.39 is 10.5 Å². The van der Waals surface area contributed by atoms with Crippen LogP contribution in [0.15, 0.2) is 24.3 Å².